The molecule has 94 valence electrons. The quantitative estimate of drug-likeness (QED) is 0.893. The molecule has 0 spiro atoms. The summed E-state index contributed by atoms with van der Waals surface area (Å²) in [6.07, 6.45) is 0. The van der Waals surface area contributed by atoms with Gasteiger partial charge in [-0.25, -0.2) is 4.79 Å². The maximum absolute atomic E-state index is 11.7. The van der Waals surface area contributed by atoms with Gasteiger partial charge in [0.1, 0.15) is 10.8 Å². The fourth-order valence-corrected chi connectivity index (χ4v) is 1.93. The highest BCUT2D eigenvalue weighted by molar-refractivity contribution is 7.15. The number of rotatable bonds is 3. The molecule has 0 aliphatic rings. The monoisotopic (exact) mass is 264 g/mol. The minimum Gasteiger partial charge on any atom is -0.495 e. The number of hydrogen-bond donors (Lipinski definition) is 2. The van der Waals surface area contributed by atoms with Gasteiger partial charge in [-0.05, 0) is 19.1 Å². The van der Waals surface area contributed by atoms with Crippen LogP contribution >= 0.6 is 11.3 Å². The van der Waals surface area contributed by atoms with Crippen LogP contribution in [0.3, 0.4) is 0 Å². The summed E-state index contributed by atoms with van der Waals surface area (Å²) in [7, 11) is 1.55. The van der Waals surface area contributed by atoms with Crippen molar-refractivity contribution >= 4 is 28.2 Å². The zero-order chi connectivity index (χ0) is 13.0. The minimum absolute atomic E-state index is 0.379. The van der Waals surface area contributed by atoms with E-state index in [1.165, 1.54) is 11.3 Å². The largest absolute Gasteiger partial charge is 0.495 e. The number of methoxy groups -OCH3 is 1. The van der Waals surface area contributed by atoms with Gasteiger partial charge in [0, 0.05) is 0 Å². The Morgan fingerprint density at radius 3 is 2.72 bits per heavy atom. The Labute approximate surface area is 108 Å². The van der Waals surface area contributed by atoms with Crippen LogP contribution in [0.15, 0.2) is 24.3 Å². The highest BCUT2D eigenvalue weighted by Gasteiger charge is 2.08. The van der Waals surface area contributed by atoms with E-state index in [0.717, 1.165) is 5.01 Å². The number of carbonyl (C=O) groups is 1. The van der Waals surface area contributed by atoms with Crippen molar-refractivity contribution in [3.63, 3.8) is 0 Å². The maximum Gasteiger partial charge on any atom is 0.325 e. The van der Waals surface area contributed by atoms with Gasteiger partial charge in [-0.15, -0.1) is 10.2 Å². The second-order valence-electron chi connectivity index (χ2n) is 3.41. The molecule has 18 heavy (non-hydrogen) atoms. The molecule has 0 unspecified atom stereocenters. The fourth-order valence-electron chi connectivity index (χ4n) is 1.35. The molecular formula is C11H12N4O2S. The van der Waals surface area contributed by atoms with Gasteiger partial charge in [-0.1, -0.05) is 23.5 Å². The Morgan fingerprint density at radius 1 is 1.28 bits per heavy atom. The van der Waals surface area contributed by atoms with Crippen molar-refractivity contribution in [3.8, 4) is 5.75 Å². The Kier molecular flexibility index (Phi) is 3.73. The van der Waals surface area contributed by atoms with Gasteiger partial charge < -0.3 is 10.1 Å². The van der Waals surface area contributed by atoms with Crippen molar-refractivity contribution in [3.05, 3.63) is 29.3 Å². The number of nitrogens with zero attached hydrogens (tertiary/aromatic N) is 2. The molecule has 6 nitrogen and oxygen atoms in total. The van der Waals surface area contributed by atoms with E-state index in [1.807, 2.05) is 19.1 Å². The molecule has 2 aromatic rings. The van der Waals surface area contributed by atoms with E-state index in [-0.39, 0.29) is 6.03 Å². The van der Waals surface area contributed by atoms with Gasteiger partial charge in [-0.2, -0.15) is 0 Å². The zero-order valence-corrected chi connectivity index (χ0v) is 10.7. The number of carbonyl (C=O) groups excluding carboxylic acids is 1. The summed E-state index contributed by atoms with van der Waals surface area (Å²) in [5.41, 5.74) is 0.596. The van der Waals surface area contributed by atoms with Crippen LogP contribution in [-0.4, -0.2) is 23.3 Å². The predicted molar refractivity (Wildman–Crippen MR) is 70.3 cm³/mol. The number of aromatic nitrogens is 2. The number of benzene rings is 1. The van der Waals surface area contributed by atoms with E-state index < -0.39 is 0 Å². The van der Waals surface area contributed by atoms with Crippen LogP contribution in [0.2, 0.25) is 0 Å². The Hall–Kier alpha value is -2.15. The Balaban J connectivity index is 2.03. The van der Waals surface area contributed by atoms with Crippen molar-refractivity contribution < 1.29 is 9.53 Å². The predicted octanol–water partition coefficient (Wildman–Crippen LogP) is 2.50. The highest BCUT2D eigenvalue weighted by Crippen LogP contribution is 2.23. The van der Waals surface area contributed by atoms with Crippen LogP contribution in [0, 0.1) is 6.92 Å². The highest BCUT2D eigenvalue weighted by atomic mass is 32.1. The van der Waals surface area contributed by atoms with Gasteiger partial charge in [0.2, 0.25) is 5.13 Å². The van der Waals surface area contributed by atoms with Crippen molar-refractivity contribution in [2.45, 2.75) is 6.92 Å². The number of urea groups is 1. The summed E-state index contributed by atoms with van der Waals surface area (Å²) < 4.78 is 5.13. The number of nitrogens with one attached hydrogen (secondary N) is 2. The van der Waals surface area contributed by atoms with Crippen molar-refractivity contribution in [1.29, 1.82) is 0 Å². The molecule has 1 aromatic heterocycles. The lowest BCUT2D eigenvalue weighted by Gasteiger charge is -2.09. The summed E-state index contributed by atoms with van der Waals surface area (Å²) in [6, 6.07) is 6.79. The number of anilines is 2. The lowest BCUT2D eigenvalue weighted by atomic mass is 10.3. The molecule has 7 heteroatoms. The van der Waals surface area contributed by atoms with Crippen LogP contribution < -0.4 is 15.4 Å². The van der Waals surface area contributed by atoms with Gasteiger partial charge in [0.25, 0.3) is 0 Å². The number of para-hydroxylation sites is 2. The van der Waals surface area contributed by atoms with E-state index in [0.29, 0.717) is 16.6 Å². The Bertz CT molecular complexity index is 555. The van der Waals surface area contributed by atoms with Crippen LogP contribution in [0.5, 0.6) is 5.75 Å². The van der Waals surface area contributed by atoms with Crippen molar-refractivity contribution in [2.24, 2.45) is 0 Å². The number of ether oxygens (including phenoxy) is 1. The third kappa shape index (κ3) is 2.95. The van der Waals surface area contributed by atoms with Crippen LogP contribution in [-0.2, 0) is 0 Å². The number of hydrogen-bond acceptors (Lipinski definition) is 5. The lowest BCUT2D eigenvalue weighted by Crippen LogP contribution is -2.19. The first-order chi connectivity index (χ1) is 8.69. The average molecular weight is 264 g/mol. The van der Waals surface area contributed by atoms with Crippen molar-refractivity contribution in [1.82, 2.24) is 10.2 Å². The lowest BCUT2D eigenvalue weighted by molar-refractivity contribution is 0.262. The first-order valence-corrected chi connectivity index (χ1v) is 6.02. The van der Waals surface area contributed by atoms with Gasteiger partial charge in [0.05, 0.1) is 12.8 Å². The molecule has 0 aliphatic heterocycles. The molecule has 0 saturated heterocycles. The smallest absolute Gasteiger partial charge is 0.325 e. The standard InChI is InChI=1S/C11H12N4O2S/c1-7-14-15-11(18-7)13-10(16)12-8-5-3-4-6-9(8)17-2/h3-6H,1-2H3,(H2,12,13,15,16). The summed E-state index contributed by atoms with van der Waals surface area (Å²) in [6.45, 7) is 1.82. The number of amides is 2. The molecule has 1 aromatic carbocycles. The van der Waals surface area contributed by atoms with Gasteiger partial charge in [0.15, 0.2) is 0 Å². The summed E-state index contributed by atoms with van der Waals surface area (Å²) in [4.78, 5) is 11.7. The topological polar surface area (TPSA) is 76.1 Å². The SMILES string of the molecule is COc1ccccc1NC(=O)Nc1nnc(C)s1. The molecule has 0 atom stereocenters. The summed E-state index contributed by atoms with van der Waals surface area (Å²) >= 11 is 1.31. The first kappa shape index (κ1) is 12.3. The molecular weight excluding hydrogens is 252 g/mol. The molecule has 0 bridgehead atoms. The minimum atomic E-state index is -0.379. The summed E-state index contributed by atoms with van der Waals surface area (Å²) in [5, 5.41) is 14.2. The molecule has 2 N–H and O–H groups in total. The zero-order valence-electron chi connectivity index (χ0n) is 9.93. The number of aryl methyl sites for hydroxylation is 1. The molecule has 0 aliphatic carbocycles. The van der Waals surface area contributed by atoms with E-state index >= 15 is 0 Å². The van der Waals surface area contributed by atoms with E-state index in [2.05, 4.69) is 20.8 Å². The Morgan fingerprint density at radius 2 is 2.06 bits per heavy atom. The second kappa shape index (κ2) is 5.46. The van der Waals surface area contributed by atoms with Crippen LogP contribution in [0.1, 0.15) is 5.01 Å². The van der Waals surface area contributed by atoms with Crippen molar-refractivity contribution in [2.75, 3.05) is 17.7 Å². The maximum atomic E-state index is 11.7. The van der Waals surface area contributed by atoms with E-state index in [4.69, 9.17) is 4.74 Å². The second-order valence-corrected chi connectivity index (χ2v) is 4.59. The molecule has 0 saturated carbocycles. The first-order valence-electron chi connectivity index (χ1n) is 5.20. The normalized spacial score (nSPS) is 9.89. The molecule has 2 amide bonds. The average Bonchev–Trinajstić information content (AvgIpc) is 2.75. The third-order valence-corrected chi connectivity index (χ3v) is 2.86. The molecule has 2 rings (SSSR count). The van der Waals surface area contributed by atoms with Gasteiger partial charge in [-0.3, -0.25) is 5.32 Å². The van der Waals surface area contributed by atoms with E-state index in [9.17, 15) is 4.79 Å². The fraction of sp³-hybridized carbons (Fsp3) is 0.182. The molecule has 1 heterocycles. The van der Waals surface area contributed by atoms with Crippen LogP contribution in [0.25, 0.3) is 0 Å². The molecule has 0 radical (unpaired) electrons. The van der Waals surface area contributed by atoms with E-state index in [1.54, 1.807) is 19.2 Å². The molecule has 0 fully saturated rings. The van der Waals surface area contributed by atoms with Gasteiger partial charge >= 0.3 is 6.03 Å². The van der Waals surface area contributed by atoms with Crippen LogP contribution in [0.4, 0.5) is 15.6 Å². The third-order valence-electron chi connectivity index (χ3n) is 2.10. The summed E-state index contributed by atoms with van der Waals surface area (Å²) in [5.74, 6) is 0.598.